The van der Waals surface area contributed by atoms with Crippen LogP contribution < -0.4 is 0 Å². The first-order valence-corrected chi connectivity index (χ1v) is 12.5. The summed E-state index contributed by atoms with van der Waals surface area (Å²) in [6.45, 7) is 6.52. The SMILES string of the molecule is CC(CN1CCOCC1)N(Cc1ccccc1)C(=O)CCS(=O)(=O)C1CCCC1. The molecule has 162 valence electrons. The van der Waals surface area contributed by atoms with E-state index >= 15 is 0 Å². The van der Waals surface area contributed by atoms with Crippen LogP contribution in [0.2, 0.25) is 0 Å². The van der Waals surface area contributed by atoms with Gasteiger partial charge in [0.25, 0.3) is 0 Å². The number of sulfone groups is 1. The maximum atomic E-state index is 13.1. The van der Waals surface area contributed by atoms with E-state index in [0.29, 0.717) is 6.54 Å². The number of rotatable bonds is 9. The maximum Gasteiger partial charge on any atom is 0.224 e. The van der Waals surface area contributed by atoms with Crippen LogP contribution in [0.3, 0.4) is 0 Å². The largest absolute Gasteiger partial charge is 0.379 e. The Kier molecular flexibility index (Phi) is 8.09. The highest BCUT2D eigenvalue weighted by Gasteiger charge is 2.30. The predicted molar refractivity (Wildman–Crippen MR) is 114 cm³/mol. The lowest BCUT2D eigenvalue weighted by Gasteiger charge is -2.35. The van der Waals surface area contributed by atoms with Gasteiger partial charge in [-0.2, -0.15) is 0 Å². The fraction of sp³-hybridized carbons (Fsp3) is 0.682. The Hall–Kier alpha value is -1.44. The van der Waals surface area contributed by atoms with Crippen molar-refractivity contribution in [2.24, 2.45) is 0 Å². The molecule has 1 amide bonds. The molecule has 0 bridgehead atoms. The standard InChI is InChI=1S/C22H34N2O4S/c1-19(17-23-12-14-28-15-13-23)24(18-20-7-3-2-4-8-20)22(25)11-16-29(26,27)21-9-5-6-10-21/h2-4,7-8,19,21H,5-6,9-18H2,1H3. The molecule has 1 aliphatic carbocycles. The predicted octanol–water partition coefficient (Wildman–Crippen LogP) is 2.48. The Morgan fingerprint density at radius 2 is 1.83 bits per heavy atom. The molecule has 0 radical (unpaired) electrons. The highest BCUT2D eigenvalue weighted by Crippen LogP contribution is 2.26. The highest BCUT2D eigenvalue weighted by atomic mass is 32.2. The summed E-state index contributed by atoms with van der Waals surface area (Å²) in [6.07, 6.45) is 3.53. The summed E-state index contributed by atoms with van der Waals surface area (Å²) in [5, 5.41) is -0.247. The van der Waals surface area contributed by atoms with Gasteiger partial charge in [0.1, 0.15) is 0 Å². The van der Waals surface area contributed by atoms with Gasteiger partial charge in [-0.15, -0.1) is 0 Å². The van der Waals surface area contributed by atoms with Crippen LogP contribution in [0.1, 0.15) is 44.6 Å². The summed E-state index contributed by atoms with van der Waals surface area (Å²) in [5.74, 6) is -0.109. The minimum atomic E-state index is -3.19. The molecule has 0 aromatic heterocycles. The summed E-state index contributed by atoms with van der Waals surface area (Å²) >= 11 is 0. The van der Waals surface area contributed by atoms with Gasteiger partial charge in [0.05, 0.1) is 24.2 Å². The van der Waals surface area contributed by atoms with Crippen molar-refractivity contribution < 1.29 is 17.9 Å². The monoisotopic (exact) mass is 422 g/mol. The lowest BCUT2D eigenvalue weighted by atomic mass is 10.1. The van der Waals surface area contributed by atoms with Crippen LogP contribution in [-0.2, 0) is 25.9 Å². The van der Waals surface area contributed by atoms with E-state index in [0.717, 1.165) is 64.1 Å². The van der Waals surface area contributed by atoms with Crippen molar-refractivity contribution in [1.29, 1.82) is 0 Å². The number of morpholine rings is 1. The van der Waals surface area contributed by atoms with Crippen molar-refractivity contribution in [2.45, 2.75) is 56.9 Å². The third-order valence-electron chi connectivity index (χ3n) is 6.08. The fourth-order valence-electron chi connectivity index (χ4n) is 4.31. The van der Waals surface area contributed by atoms with E-state index in [9.17, 15) is 13.2 Å². The first-order chi connectivity index (χ1) is 14.0. The molecular weight excluding hydrogens is 388 g/mol. The number of hydrogen-bond acceptors (Lipinski definition) is 5. The van der Waals surface area contributed by atoms with Crippen molar-refractivity contribution in [3.05, 3.63) is 35.9 Å². The summed E-state index contributed by atoms with van der Waals surface area (Å²) in [4.78, 5) is 17.3. The molecule has 1 aromatic rings. The van der Waals surface area contributed by atoms with E-state index in [1.807, 2.05) is 35.2 Å². The van der Waals surface area contributed by atoms with Gasteiger partial charge in [-0.25, -0.2) is 8.42 Å². The summed E-state index contributed by atoms with van der Waals surface area (Å²) in [7, 11) is -3.19. The van der Waals surface area contributed by atoms with E-state index in [1.165, 1.54) is 0 Å². The van der Waals surface area contributed by atoms with Gasteiger partial charge in [0.15, 0.2) is 9.84 Å². The van der Waals surface area contributed by atoms with Crippen molar-refractivity contribution >= 4 is 15.7 Å². The Morgan fingerprint density at radius 1 is 1.17 bits per heavy atom. The zero-order valence-corrected chi connectivity index (χ0v) is 18.3. The van der Waals surface area contributed by atoms with E-state index in [-0.39, 0.29) is 29.4 Å². The lowest BCUT2D eigenvalue weighted by Crippen LogP contribution is -2.48. The third kappa shape index (κ3) is 6.52. The molecule has 0 N–H and O–H groups in total. The molecule has 2 aliphatic rings. The fourth-order valence-corrected chi connectivity index (χ4v) is 6.16. The normalized spacial score (nSPS) is 19.9. The molecular formula is C22H34N2O4S. The van der Waals surface area contributed by atoms with Gasteiger partial charge in [0, 0.05) is 38.6 Å². The molecule has 1 saturated heterocycles. The van der Waals surface area contributed by atoms with Crippen LogP contribution in [0, 0.1) is 0 Å². The van der Waals surface area contributed by atoms with Crippen molar-refractivity contribution in [3.63, 3.8) is 0 Å². The van der Waals surface area contributed by atoms with Crippen molar-refractivity contribution in [1.82, 2.24) is 9.80 Å². The second-order valence-corrected chi connectivity index (χ2v) is 10.7. The van der Waals surface area contributed by atoms with Crippen LogP contribution in [0.5, 0.6) is 0 Å². The first kappa shape index (κ1) is 22.2. The summed E-state index contributed by atoms with van der Waals surface area (Å²) in [5.41, 5.74) is 1.06. The molecule has 0 spiro atoms. The molecule has 6 nitrogen and oxygen atoms in total. The van der Waals surface area contributed by atoms with Gasteiger partial charge in [-0.05, 0) is 25.3 Å². The Morgan fingerprint density at radius 3 is 2.48 bits per heavy atom. The first-order valence-electron chi connectivity index (χ1n) is 10.8. The molecule has 1 aromatic carbocycles. The van der Waals surface area contributed by atoms with Crippen molar-refractivity contribution in [2.75, 3.05) is 38.6 Å². The second-order valence-electron chi connectivity index (χ2n) is 8.29. The second kappa shape index (κ2) is 10.5. The molecule has 3 rings (SSSR count). The van der Waals surface area contributed by atoms with Gasteiger partial charge < -0.3 is 9.64 Å². The van der Waals surface area contributed by atoms with Crippen LogP contribution >= 0.6 is 0 Å². The van der Waals surface area contributed by atoms with Crippen LogP contribution in [0.4, 0.5) is 0 Å². The molecule has 2 fully saturated rings. The van der Waals surface area contributed by atoms with E-state index in [1.54, 1.807) is 0 Å². The average Bonchev–Trinajstić information content (AvgIpc) is 3.28. The van der Waals surface area contributed by atoms with Gasteiger partial charge in [-0.1, -0.05) is 43.2 Å². The third-order valence-corrected chi connectivity index (χ3v) is 8.35. The van der Waals surface area contributed by atoms with Gasteiger partial charge in [0.2, 0.25) is 5.91 Å². The van der Waals surface area contributed by atoms with Crippen LogP contribution in [-0.4, -0.2) is 74.0 Å². The van der Waals surface area contributed by atoms with Crippen LogP contribution in [0.25, 0.3) is 0 Å². The smallest absolute Gasteiger partial charge is 0.224 e. The molecule has 1 heterocycles. The minimum absolute atomic E-state index is 0.00925. The lowest BCUT2D eigenvalue weighted by molar-refractivity contribution is -0.134. The molecule has 1 atom stereocenters. The molecule has 7 heteroatoms. The Bertz CT molecular complexity index is 741. The van der Waals surface area contributed by atoms with E-state index in [4.69, 9.17) is 4.74 Å². The molecule has 29 heavy (non-hydrogen) atoms. The quantitative estimate of drug-likeness (QED) is 0.612. The Balaban J connectivity index is 1.64. The average molecular weight is 423 g/mol. The minimum Gasteiger partial charge on any atom is -0.379 e. The highest BCUT2D eigenvalue weighted by molar-refractivity contribution is 7.92. The summed E-state index contributed by atoms with van der Waals surface area (Å²) in [6, 6.07) is 9.93. The number of carbonyl (C=O) groups excluding carboxylic acids is 1. The molecule has 1 saturated carbocycles. The molecule has 1 aliphatic heterocycles. The Labute approximate surface area is 175 Å². The maximum absolute atomic E-state index is 13.1. The topological polar surface area (TPSA) is 66.9 Å². The summed E-state index contributed by atoms with van der Waals surface area (Å²) < 4.78 is 30.6. The van der Waals surface area contributed by atoms with Gasteiger partial charge >= 0.3 is 0 Å². The number of hydrogen-bond donors (Lipinski definition) is 0. The van der Waals surface area contributed by atoms with E-state index in [2.05, 4.69) is 11.8 Å². The zero-order valence-electron chi connectivity index (χ0n) is 17.5. The number of carbonyl (C=O) groups is 1. The van der Waals surface area contributed by atoms with Gasteiger partial charge in [-0.3, -0.25) is 9.69 Å². The van der Waals surface area contributed by atoms with E-state index < -0.39 is 9.84 Å². The zero-order chi connectivity index (χ0) is 20.7. The number of nitrogens with zero attached hydrogens (tertiary/aromatic N) is 2. The number of benzene rings is 1. The number of amides is 1. The van der Waals surface area contributed by atoms with Crippen LogP contribution in [0.15, 0.2) is 30.3 Å². The molecule has 1 unspecified atom stereocenters. The van der Waals surface area contributed by atoms with Crippen molar-refractivity contribution in [3.8, 4) is 0 Å². The number of ether oxygens (including phenoxy) is 1.